The normalized spacial score (nSPS) is 15.0. The molecule has 0 fully saturated rings. The number of unbranched alkanes of at least 4 members (excludes halogenated alkanes) is 6. The predicted octanol–water partition coefficient (Wildman–Crippen LogP) is 5.67. The molecule has 1 atom stereocenters. The van der Waals surface area contributed by atoms with Gasteiger partial charge in [-0.2, -0.15) is 0 Å². The highest BCUT2D eigenvalue weighted by Gasteiger charge is 2.28. The highest BCUT2D eigenvalue weighted by atomic mass is 127. The molecule has 0 saturated heterocycles. The average Bonchev–Trinajstić information content (AvgIpc) is 2.31. The van der Waals surface area contributed by atoms with E-state index in [9.17, 15) is 0 Å². The quantitative estimate of drug-likeness (QED) is 0.201. The molecule has 1 nitrogen and oxygen atoms in total. The van der Waals surface area contributed by atoms with E-state index in [1.807, 2.05) is 7.11 Å². The minimum absolute atomic E-state index is 1.30. The summed E-state index contributed by atoms with van der Waals surface area (Å²) in [5, 5.41) is 0. The molecular formula is C13H29IOSi. The molecule has 0 saturated carbocycles. The Labute approximate surface area is 116 Å². The van der Waals surface area contributed by atoms with Crippen LogP contribution in [0.5, 0.6) is 0 Å². The van der Waals surface area contributed by atoms with Crippen molar-refractivity contribution in [3.8, 4) is 0 Å². The number of halogens is 1. The van der Waals surface area contributed by atoms with E-state index in [1.165, 1.54) is 63.5 Å². The van der Waals surface area contributed by atoms with Crippen molar-refractivity contribution in [3.63, 3.8) is 0 Å². The Hall–Kier alpha value is 0.907. The largest absolute Gasteiger partial charge is 0.410 e. The predicted molar refractivity (Wildman–Crippen MR) is 84.7 cm³/mol. The van der Waals surface area contributed by atoms with E-state index in [0.717, 1.165) is 0 Å². The van der Waals surface area contributed by atoms with Crippen LogP contribution in [0.25, 0.3) is 0 Å². The molecule has 0 radical (unpaired) electrons. The summed E-state index contributed by atoms with van der Waals surface area (Å²) in [5.41, 5.74) is 0. The minimum Gasteiger partial charge on any atom is -0.410 e. The molecule has 0 aliphatic heterocycles. The van der Waals surface area contributed by atoms with Gasteiger partial charge in [0.15, 0.2) is 0 Å². The third kappa shape index (κ3) is 8.99. The lowest BCUT2D eigenvalue weighted by Crippen LogP contribution is -2.28. The van der Waals surface area contributed by atoms with E-state index in [-0.39, 0.29) is 0 Å². The number of rotatable bonds is 11. The van der Waals surface area contributed by atoms with Crippen molar-refractivity contribution >= 4 is 27.6 Å². The first-order valence-corrected chi connectivity index (χ1v) is 12.4. The van der Waals surface area contributed by atoms with Gasteiger partial charge in [0, 0.05) is 7.11 Å². The lowest BCUT2D eigenvalue weighted by atomic mass is 10.1. The molecule has 0 spiro atoms. The molecule has 1 unspecified atom stereocenters. The Balaban J connectivity index is 3.53. The van der Waals surface area contributed by atoms with E-state index in [1.54, 1.807) is 0 Å². The maximum atomic E-state index is 5.79. The molecule has 0 aromatic heterocycles. The average molecular weight is 356 g/mol. The Bertz CT molecular complexity index is 155. The molecule has 0 bridgehead atoms. The number of hydrogen-bond donors (Lipinski definition) is 0. The Morgan fingerprint density at radius 2 is 1.31 bits per heavy atom. The van der Waals surface area contributed by atoms with Gasteiger partial charge in [-0.25, -0.2) is 0 Å². The highest BCUT2D eigenvalue weighted by Crippen LogP contribution is 2.29. The SMILES string of the molecule is CCCCCCCC[Si](I)(CCCC)OC. The summed E-state index contributed by atoms with van der Waals surface area (Å²) < 4.78 is 5.79. The summed E-state index contributed by atoms with van der Waals surface area (Å²) in [5.74, 6) is -1.34. The zero-order valence-electron chi connectivity index (χ0n) is 11.4. The van der Waals surface area contributed by atoms with Gasteiger partial charge >= 0.3 is 0 Å². The van der Waals surface area contributed by atoms with Crippen LogP contribution in [0.4, 0.5) is 0 Å². The molecule has 98 valence electrons. The maximum absolute atomic E-state index is 5.79. The molecule has 0 aliphatic carbocycles. The van der Waals surface area contributed by atoms with Crippen LogP contribution in [0.2, 0.25) is 12.1 Å². The molecule has 0 aliphatic rings. The molecule has 0 aromatic carbocycles. The molecular weight excluding hydrogens is 327 g/mol. The van der Waals surface area contributed by atoms with Gasteiger partial charge in [0.25, 0.3) is 5.81 Å². The second kappa shape index (κ2) is 11.0. The fraction of sp³-hybridized carbons (Fsp3) is 1.00. The van der Waals surface area contributed by atoms with Crippen molar-refractivity contribution in [1.29, 1.82) is 0 Å². The summed E-state index contributed by atoms with van der Waals surface area (Å²) in [6.07, 6.45) is 11.0. The topological polar surface area (TPSA) is 9.23 Å². The summed E-state index contributed by atoms with van der Waals surface area (Å²) in [7, 11) is 1.92. The van der Waals surface area contributed by atoms with E-state index in [0.29, 0.717) is 0 Å². The van der Waals surface area contributed by atoms with Crippen molar-refractivity contribution in [2.24, 2.45) is 0 Å². The van der Waals surface area contributed by atoms with Gasteiger partial charge in [-0.1, -0.05) is 87.0 Å². The third-order valence-corrected chi connectivity index (χ3v) is 10.7. The van der Waals surface area contributed by atoms with Gasteiger partial charge in [-0.3, -0.25) is 0 Å². The fourth-order valence-corrected chi connectivity index (χ4v) is 6.55. The van der Waals surface area contributed by atoms with Gasteiger partial charge < -0.3 is 4.43 Å². The van der Waals surface area contributed by atoms with Crippen LogP contribution in [-0.4, -0.2) is 12.9 Å². The highest BCUT2D eigenvalue weighted by molar-refractivity contribution is 14.1. The Morgan fingerprint density at radius 1 is 0.812 bits per heavy atom. The first-order chi connectivity index (χ1) is 7.68. The van der Waals surface area contributed by atoms with Gasteiger partial charge in [0.2, 0.25) is 0 Å². The standard InChI is InChI=1S/C13H29IOSi/c1-4-6-8-9-10-11-13-16(14,15-3)12-7-5-2/h4-13H2,1-3H3. The van der Waals surface area contributed by atoms with Crippen molar-refractivity contribution < 1.29 is 4.43 Å². The zero-order chi connectivity index (χ0) is 12.3. The third-order valence-electron chi connectivity index (χ3n) is 3.17. The van der Waals surface area contributed by atoms with E-state index in [2.05, 4.69) is 35.6 Å². The van der Waals surface area contributed by atoms with E-state index < -0.39 is 5.81 Å². The van der Waals surface area contributed by atoms with Crippen molar-refractivity contribution in [2.45, 2.75) is 77.3 Å². The molecule has 0 aromatic rings. The second-order valence-electron chi connectivity index (χ2n) is 4.71. The van der Waals surface area contributed by atoms with Gasteiger partial charge in [0.05, 0.1) is 0 Å². The van der Waals surface area contributed by atoms with Crippen molar-refractivity contribution in [3.05, 3.63) is 0 Å². The zero-order valence-corrected chi connectivity index (χ0v) is 14.5. The van der Waals surface area contributed by atoms with E-state index >= 15 is 0 Å². The monoisotopic (exact) mass is 356 g/mol. The number of hydrogen-bond acceptors (Lipinski definition) is 1. The van der Waals surface area contributed by atoms with Crippen molar-refractivity contribution in [1.82, 2.24) is 0 Å². The van der Waals surface area contributed by atoms with Crippen LogP contribution in [0.1, 0.15) is 65.2 Å². The van der Waals surface area contributed by atoms with Crippen LogP contribution in [0, 0.1) is 0 Å². The maximum Gasteiger partial charge on any atom is 0.258 e. The summed E-state index contributed by atoms with van der Waals surface area (Å²) >= 11 is 2.65. The van der Waals surface area contributed by atoms with Crippen LogP contribution in [-0.2, 0) is 4.43 Å². The van der Waals surface area contributed by atoms with Gasteiger partial charge in [-0.05, 0) is 12.1 Å². The lowest BCUT2D eigenvalue weighted by Gasteiger charge is -2.22. The smallest absolute Gasteiger partial charge is 0.258 e. The van der Waals surface area contributed by atoms with Crippen LogP contribution >= 0.6 is 21.8 Å². The first kappa shape index (κ1) is 16.9. The minimum atomic E-state index is -1.34. The van der Waals surface area contributed by atoms with Crippen LogP contribution in [0.3, 0.4) is 0 Å². The van der Waals surface area contributed by atoms with Gasteiger partial charge in [0.1, 0.15) is 0 Å². The summed E-state index contributed by atoms with van der Waals surface area (Å²) in [6.45, 7) is 4.55. The summed E-state index contributed by atoms with van der Waals surface area (Å²) in [6, 6.07) is 2.70. The lowest BCUT2D eigenvalue weighted by molar-refractivity contribution is 0.409. The first-order valence-electron chi connectivity index (χ1n) is 6.92. The molecule has 0 N–H and O–H groups in total. The van der Waals surface area contributed by atoms with Crippen molar-refractivity contribution in [2.75, 3.05) is 7.11 Å². The molecule has 0 rings (SSSR count). The molecule has 0 amide bonds. The second-order valence-corrected chi connectivity index (χ2v) is 13.8. The fourth-order valence-electron chi connectivity index (χ4n) is 1.94. The van der Waals surface area contributed by atoms with Crippen LogP contribution < -0.4 is 0 Å². The summed E-state index contributed by atoms with van der Waals surface area (Å²) in [4.78, 5) is 0. The van der Waals surface area contributed by atoms with Gasteiger partial charge in [-0.15, -0.1) is 0 Å². The molecule has 3 heteroatoms. The Kier molecular flexibility index (Phi) is 11.6. The Morgan fingerprint density at radius 3 is 1.88 bits per heavy atom. The van der Waals surface area contributed by atoms with E-state index in [4.69, 9.17) is 4.43 Å². The molecule has 16 heavy (non-hydrogen) atoms. The van der Waals surface area contributed by atoms with Crippen LogP contribution in [0.15, 0.2) is 0 Å². The molecule has 0 heterocycles.